The number of aliphatic hydroxyl groups is 1. The summed E-state index contributed by atoms with van der Waals surface area (Å²) in [6.45, 7) is 6.79. The molecule has 0 bridgehead atoms. The van der Waals surface area contributed by atoms with Crippen LogP contribution in [0.3, 0.4) is 0 Å². The van der Waals surface area contributed by atoms with Gasteiger partial charge in [0.25, 0.3) is 5.91 Å². The lowest BCUT2D eigenvalue weighted by molar-refractivity contribution is -0.142. The van der Waals surface area contributed by atoms with Crippen molar-refractivity contribution in [3.63, 3.8) is 0 Å². The molecule has 7 heteroatoms. The van der Waals surface area contributed by atoms with E-state index in [4.69, 9.17) is 0 Å². The highest BCUT2D eigenvalue weighted by atomic mass is 16.3. The molecule has 7 atom stereocenters. The Labute approximate surface area is 201 Å². The van der Waals surface area contributed by atoms with Crippen LogP contribution in [0.15, 0.2) is 48.9 Å². The average molecular weight is 465 g/mol. The zero-order chi connectivity index (χ0) is 24.3. The van der Waals surface area contributed by atoms with E-state index in [1.54, 1.807) is 6.20 Å². The topological polar surface area (TPSA) is 104 Å². The van der Waals surface area contributed by atoms with Gasteiger partial charge in [-0.3, -0.25) is 14.6 Å². The molecule has 1 aromatic heterocycles. The van der Waals surface area contributed by atoms with Crippen molar-refractivity contribution in [1.29, 1.82) is 0 Å². The standard InChI is InChI=1S/C27H36N4O3/c1-17(25(33)30-15-19-7-5-4-6-8-19)20-9-11-27(3)12-10-21(18(2)23(27)24(20)32)31-26(34)22-16-28-13-14-29-22/h4-8,13-14,16-18,20-21,23-24,32H,9-12,15H2,1-3H3,(H,30,33)(H,31,34). The fourth-order valence-corrected chi connectivity index (χ4v) is 6.30. The van der Waals surface area contributed by atoms with Gasteiger partial charge >= 0.3 is 0 Å². The maximum atomic E-state index is 13.0. The molecule has 2 saturated carbocycles. The number of carbonyl (C=O) groups is 2. The molecular weight excluding hydrogens is 428 g/mol. The number of benzene rings is 1. The van der Waals surface area contributed by atoms with Crippen molar-refractivity contribution >= 4 is 11.8 Å². The van der Waals surface area contributed by atoms with Crippen LogP contribution in [0.4, 0.5) is 0 Å². The van der Waals surface area contributed by atoms with Crippen LogP contribution in [-0.2, 0) is 11.3 Å². The Morgan fingerprint density at radius 3 is 2.62 bits per heavy atom. The van der Waals surface area contributed by atoms with Crippen molar-refractivity contribution < 1.29 is 14.7 Å². The Hall–Kier alpha value is -2.80. The van der Waals surface area contributed by atoms with E-state index in [0.717, 1.165) is 31.2 Å². The Bertz CT molecular complexity index is 986. The first-order chi connectivity index (χ1) is 16.3. The predicted molar refractivity (Wildman–Crippen MR) is 129 cm³/mol. The van der Waals surface area contributed by atoms with Gasteiger partial charge in [-0.15, -0.1) is 0 Å². The highest BCUT2D eigenvalue weighted by Gasteiger charge is 2.53. The summed E-state index contributed by atoms with van der Waals surface area (Å²) in [7, 11) is 0. The number of aromatic nitrogens is 2. The first-order valence-electron chi connectivity index (χ1n) is 12.4. The first-order valence-corrected chi connectivity index (χ1v) is 12.4. The third-order valence-corrected chi connectivity index (χ3v) is 8.37. The molecule has 2 aliphatic carbocycles. The van der Waals surface area contributed by atoms with E-state index in [1.807, 2.05) is 37.3 Å². The molecule has 2 fully saturated rings. The number of nitrogens with one attached hydrogen (secondary N) is 2. The summed E-state index contributed by atoms with van der Waals surface area (Å²) in [5.74, 6) is -0.555. The Balaban J connectivity index is 1.42. The van der Waals surface area contributed by atoms with Gasteiger partial charge in [0.15, 0.2) is 0 Å². The van der Waals surface area contributed by atoms with Gasteiger partial charge in [-0.2, -0.15) is 0 Å². The normalized spacial score (nSPS) is 31.7. The second kappa shape index (κ2) is 10.2. The van der Waals surface area contributed by atoms with E-state index >= 15 is 0 Å². The Morgan fingerprint density at radius 2 is 1.91 bits per heavy atom. The lowest BCUT2D eigenvalue weighted by Crippen LogP contribution is -2.58. The number of nitrogens with zero attached hydrogens (tertiary/aromatic N) is 2. The quantitative estimate of drug-likeness (QED) is 0.608. The molecule has 4 rings (SSSR count). The number of hydrogen-bond acceptors (Lipinski definition) is 5. The number of rotatable bonds is 6. The van der Waals surface area contributed by atoms with Crippen molar-refractivity contribution in [2.45, 2.75) is 65.1 Å². The number of hydrogen-bond donors (Lipinski definition) is 3. The molecule has 0 radical (unpaired) electrons. The SMILES string of the molecule is CC(C(=O)NCc1ccccc1)C1CCC2(C)CCC(NC(=O)c3cnccn3)C(C)C2C1O. The molecule has 2 amide bonds. The highest BCUT2D eigenvalue weighted by Crippen LogP contribution is 2.55. The number of aliphatic hydroxyl groups excluding tert-OH is 1. The zero-order valence-electron chi connectivity index (χ0n) is 20.3. The van der Waals surface area contributed by atoms with Gasteiger partial charge in [0.1, 0.15) is 5.69 Å². The number of carbonyl (C=O) groups excluding carboxylic acids is 2. The number of fused-ring (bicyclic) bond motifs is 1. The number of amides is 2. The fourth-order valence-electron chi connectivity index (χ4n) is 6.30. The summed E-state index contributed by atoms with van der Waals surface area (Å²) >= 11 is 0. The largest absolute Gasteiger partial charge is 0.392 e. The molecule has 0 spiro atoms. The van der Waals surface area contributed by atoms with Crippen LogP contribution >= 0.6 is 0 Å². The van der Waals surface area contributed by atoms with Gasteiger partial charge in [-0.25, -0.2) is 4.98 Å². The Kier molecular flexibility index (Phi) is 7.31. The van der Waals surface area contributed by atoms with E-state index in [0.29, 0.717) is 12.2 Å². The summed E-state index contributed by atoms with van der Waals surface area (Å²) in [6.07, 6.45) is 7.53. The summed E-state index contributed by atoms with van der Waals surface area (Å²) in [6, 6.07) is 9.80. The summed E-state index contributed by atoms with van der Waals surface area (Å²) in [4.78, 5) is 33.7. The van der Waals surface area contributed by atoms with Crippen LogP contribution in [0.1, 0.15) is 62.5 Å². The summed E-state index contributed by atoms with van der Waals surface area (Å²) in [5, 5.41) is 17.7. The average Bonchev–Trinajstić information content (AvgIpc) is 2.85. The van der Waals surface area contributed by atoms with Crippen LogP contribution in [0.25, 0.3) is 0 Å². The van der Waals surface area contributed by atoms with Crippen LogP contribution in [-0.4, -0.2) is 39.0 Å². The minimum Gasteiger partial charge on any atom is -0.392 e. The van der Waals surface area contributed by atoms with Crippen molar-refractivity contribution in [2.75, 3.05) is 0 Å². The van der Waals surface area contributed by atoms with E-state index in [2.05, 4.69) is 34.4 Å². The summed E-state index contributed by atoms with van der Waals surface area (Å²) < 4.78 is 0. The van der Waals surface area contributed by atoms with Crippen LogP contribution in [0.5, 0.6) is 0 Å². The smallest absolute Gasteiger partial charge is 0.271 e. The molecule has 7 nitrogen and oxygen atoms in total. The van der Waals surface area contributed by atoms with E-state index in [9.17, 15) is 14.7 Å². The lowest BCUT2D eigenvalue weighted by Gasteiger charge is -2.56. The van der Waals surface area contributed by atoms with Crippen molar-refractivity contribution in [3.05, 3.63) is 60.2 Å². The predicted octanol–water partition coefficient (Wildman–Crippen LogP) is 3.35. The third kappa shape index (κ3) is 4.99. The van der Waals surface area contributed by atoms with Crippen molar-refractivity contribution in [1.82, 2.24) is 20.6 Å². The first kappa shape index (κ1) is 24.3. The van der Waals surface area contributed by atoms with E-state index in [1.165, 1.54) is 12.4 Å². The molecule has 0 saturated heterocycles. The van der Waals surface area contributed by atoms with Crippen LogP contribution < -0.4 is 10.6 Å². The molecule has 1 heterocycles. The molecule has 182 valence electrons. The van der Waals surface area contributed by atoms with Gasteiger partial charge in [0, 0.05) is 30.9 Å². The molecule has 0 aliphatic heterocycles. The monoisotopic (exact) mass is 464 g/mol. The Morgan fingerprint density at radius 1 is 1.18 bits per heavy atom. The zero-order valence-corrected chi connectivity index (χ0v) is 20.3. The molecule has 7 unspecified atom stereocenters. The van der Waals surface area contributed by atoms with Gasteiger partial charge in [0.2, 0.25) is 5.91 Å². The lowest BCUT2D eigenvalue weighted by atomic mass is 9.51. The minimum absolute atomic E-state index is 0.00332. The molecule has 34 heavy (non-hydrogen) atoms. The second-order valence-electron chi connectivity index (χ2n) is 10.4. The van der Waals surface area contributed by atoms with Crippen molar-refractivity contribution in [2.24, 2.45) is 29.1 Å². The molecular formula is C27H36N4O3. The maximum absolute atomic E-state index is 13.0. The highest BCUT2D eigenvalue weighted by molar-refractivity contribution is 5.92. The maximum Gasteiger partial charge on any atom is 0.271 e. The second-order valence-corrected chi connectivity index (χ2v) is 10.4. The van der Waals surface area contributed by atoms with E-state index in [-0.39, 0.29) is 46.9 Å². The van der Waals surface area contributed by atoms with E-state index < -0.39 is 6.10 Å². The minimum atomic E-state index is -0.595. The molecule has 2 aliphatic rings. The van der Waals surface area contributed by atoms with Gasteiger partial charge in [-0.1, -0.05) is 51.1 Å². The van der Waals surface area contributed by atoms with Crippen LogP contribution in [0.2, 0.25) is 0 Å². The molecule has 2 aromatic rings. The molecule has 1 aromatic carbocycles. The fraction of sp³-hybridized carbons (Fsp3) is 0.556. The van der Waals surface area contributed by atoms with Gasteiger partial charge in [-0.05, 0) is 54.4 Å². The van der Waals surface area contributed by atoms with Gasteiger partial charge in [0.05, 0.1) is 12.3 Å². The molecule has 3 N–H and O–H groups in total. The van der Waals surface area contributed by atoms with Crippen LogP contribution in [0, 0.1) is 29.1 Å². The summed E-state index contributed by atoms with van der Waals surface area (Å²) in [5.41, 5.74) is 1.36. The van der Waals surface area contributed by atoms with Crippen molar-refractivity contribution in [3.8, 4) is 0 Å². The van der Waals surface area contributed by atoms with Gasteiger partial charge < -0.3 is 15.7 Å². The third-order valence-electron chi connectivity index (χ3n) is 8.37.